The van der Waals surface area contributed by atoms with E-state index in [2.05, 4.69) is 45.0 Å². The van der Waals surface area contributed by atoms with Crippen LogP contribution in [0.2, 0.25) is 0 Å². The largest absolute Gasteiger partial charge is 0.494 e. The van der Waals surface area contributed by atoms with Crippen molar-refractivity contribution in [3.8, 4) is 5.75 Å². The van der Waals surface area contributed by atoms with Crippen LogP contribution in [-0.4, -0.2) is 26.2 Å². The summed E-state index contributed by atoms with van der Waals surface area (Å²) in [5.41, 5.74) is 1.66. The number of nitrogens with one attached hydrogen (secondary N) is 1. The van der Waals surface area contributed by atoms with Gasteiger partial charge in [-0.1, -0.05) is 32.9 Å². The minimum Gasteiger partial charge on any atom is -0.494 e. The second-order valence-electron chi connectivity index (χ2n) is 7.02. The van der Waals surface area contributed by atoms with Crippen LogP contribution >= 0.6 is 0 Å². The summed E-state index contributed by atoms with van der Waals surface area (Å²) < 4.78 is 5.86. The highest BCUT2D eigenvalue weighted by atomic mass is 16.5. The maximum absolute atomic E-state index is 5.86. The third kappa shape index (κ3) is 5.03. The number of hydrogen-bond donors (Lipinski definition) is 1. The zero-order valence-electron chi connectivity index (χ0n) is 14.1. The molecule has 1 aliphatic heterocycles. The van der Waals surface area contributed by atoms with E-state index in [1.807, 2.05) is 0 Å². The van der Waals surface area contributed by atoms with E-state index in [-0.39, 0.29) is 5.41 Å². The first-order valence-corrected chi connectivity index (χ1v) is 8.69. The lowest BCUT2D eigenvalue weighted by Crippen LogP contribution is -3.09. The fourth-order valence-corrected chi connectivity index (χ4v) is 3.00. The molecule has 0 bridgehead atoms. The first kappa shape index (κ1) is 16.4. The molecule has 1 aliphatic rings. The summed E-state index contributed by atoms with van der Waals surface area (Å²) in [4.78, 5) is 1.79. The summed E-state index contributed by atoms with van der Waals surface area (Å²) in [6, 6.07) is 8.68. The van der Waals surface area contributed by atoms with Crippen molar-refractivity contribution in [2.75, 3.05) is 26.2 Å². The zero-order valence-corrected chi connectivity index (χ0v) is 14.1. The second-order valence-corrected chi connectivity index (χ2v) is 7.02. The third-order valence-corrected chi connectivity index (χ3v) is 5.02. The summed E-state index contributed by atoms with van der Waals surface area (Å²) in [6.07, 6.45) is 6.46. The maximum atomic E-state index is 5.86. The van der Waals surface area contributed by atoms with Crippen molar-refractivity contribution in [1.82, 2.24) is 0 Å². The SMILES string of the molecule is CCC(C)(C)c1ccc(OCCCC[NH+]2CCCC2)cc1. The smallest absolute Gasteiger partial charge is 0.119 e. The molecule has 2 nitrogen and oxygen atoms in total. The normalized spacial score (nSPS) is 16.3. The number of hydrogen-bond acceptors (Lipinski definition) is 1. The molecule has 2 rings (SSSR count). The molecule has 1 aromatic carbocycles. The van der Waals surface area contributed by atoms with Crippen molar-refractivity contribution in [2.45, 2.75) is 58.3 Å². The Morgan fingerprint density at radius 2 is 1.71 bits per heavy atom. The van der Waals surface area contributed by atoms with Crippen molar-refractivity contribution >= 4 is 0 Å². The van der Waals surface area contributed by atoms with Crippen LogP contribution in [-0.2, 0) is 5.41 Å². The molecule has 0 aromatic heterocycles. The summed E-state index contributed by atoms with van der Waals surface area (Å²) >= 11 is 0. The van der Waals surface area contributed by atoms with Crippen LogP contribution < -0.4 is 9.64 Å². The van der Waals surface area contributed by atoms with Crippen LogP contribution in [0, 0.1) is 0 Å². The van der Waals surface area contributed by atoms with Gasteiger partial charge in [-0.25, -0.2) is 0 Å². The summed E-state index contributed by atoms with van der Waals surface area (Å²) in [7, 11) is 0. The van der Waals surface area contributed by atoms with Crippen LogP contribution in [0.4, 0.5) is 0 Å². The van der Waals surface area contributed by atoms with Gasteiger partial charge < -0.3 is 9.64 Å². The van der Waals surface area contributed by atoms with Crippen molar-refractivity contribution < 1.29 is 9.64 Å². The van der Waals surface area contributed by atoms with Gasteiger partial charge in [0, 0.05) is 12.8 Å². The van der Waals surface area contributed by atoms with Gasteiger partial charge in [-0.3, -0.25) is 0 Å². The van der Waals surface area contributed by atoms with E-state index in [0.29, 0.717) is 0 Å². The number of ether oxygens (including phenoxy) is 1. The van der Waals surface area contributed by atoms with E-state index in [1.54, 1.807) is 4.90 Å². The van der Waals surface area contributed by atoms with Crippen LogP contribution in [0.5, 0.6) is 5.75 Å². The van der Waals surface area contributed by atoms with Crippen LogP contribution in [0.3, 0.4) is 0 Å². The van der Waals surface area contributed by atoms with E-state index in [9.17, 15) is 0 Å². The highest BCUT2D eigenvalue weighted by molar-refractivity contribution is 5.31. The monoisotopic (exact) mass is 290 g/mol. The molecule has 0 atom stereocenters. The predicted octanol–water partition coefficient (Wildman–Crippen LogP) is 3.21. The van der Waals surface area contributed by atoms with Gasteiger partial charge in [0.25, 0.3) is 0 Å². The second kappa shape index (κ2) is 7.84. The topological polar surface area (TPSA) is 13.7 Å². The summed E-state index contributed by atoms with van der Waals surface area (Å²) in [5, 5.41) is 0. The Bertz CT molecular complexity index is 404. The average Bonchev–Trinajstić information content (AvgIpc) is 3.01. The molecule has 1 saturated heterocycles. The fraction of sp³-hybridized carbons (Fsp3) is 0.684. The van der Waals surface area contributed by atoms with E-state index in [1.165, 1.54) is 50.9 Å². The lowest BCUT2D eigenvalue weighted by atomic mass is 9.82. The molecule has 0 amide bonds. The summed E-state index contributed by atoms with van der Waals surface area (Å²) in [5.74, 6) is 1.01. The number of benzene rings is 1. The van der Waals surface area contributed by atoms with Crippen LogP contribution in [0.15, 0.2) is 24.3 Å². The van der Waals surface area contributed by atoms with Gasteiger partial charge in [0.15, 0.2) is 0 Å². The van der Waals surface area contributed by atoms with Gasteiger partial charge >= 0.3 is 0 Å². The minimum atomic E-state index is 0.261. The van der Waals surface area contributed by atoms with Crippen molar-refractivity contribution in [3.63, 3.8) is 0 Å². The lowest BCUT2D eigenvalue weighted by Gasteiger charge is -2.23. The Balaban J connectivity index is 1.66. The highest BCUT2D eigenvalue weighted by Crippen LogP contribution is 2.28. The van der Waals surface area contributed by atoms with Gasteiger partial charge in [0.05, 0.1) is 26.2 Å². The molecule has 0 aliphatic carbocycles. The first-order chi connectivity index (χ1) is 10.1. The molecule has 1 heterocycles. The average molecular weight is 290 g/mol. The standard InChI is InChI=1S/C19H31NO/c1-4-19(2,3)17-9-11-18(12-10-17)21-16-8-7-15-20-13-5-6-14-20/h9-12H,4-8,13-16H2,1-3H3/p+1. The van der Waals surface area contributed by atoms with Gasteiger partial charge in [0.1, 0.15) is 5.75 Å². The molecule has 0 saturated carbocycles. The van der Waals surface area contributed by atoms with E-state index in [4.69, 9.17) is 4.74 Å². The molecule has 1 aromatic rings. The van der Waals surface area contributed by atoms with E-state index < -0.39 is 0 Å². The first-order valence-electron chi connectivity index (χ1n) is 8.69. The molecule has 0 radical (unpaired) electrons. The number of likely N-dealkylation sites (tertiary alicyclic amines) is 1. The number of quaternary nitrogens is 1. The Labute approximate surface area is 130 Å². The van der Waals surface area contributed by atoms with Gasteiger partial charge in [-0.05, 0) is 42.4 Å². The number of unbranched alkanes of at least 4 members (excludes halogenated alkanes) is 1. The highest BCUT2D eigenvalue weighted by Gasteiger charge is 2.17. The van der Waals surface area contributed by atoms with E-state index >= 15 is 0 Å². The third-order valence-electron chi connectivity index (χ3n) is 5.02. The Hall–Kier alpha value is -1.02. The van der Waals surface area contributed by atoms with Crippen LogP contribution in [0.1, 0.15) is 58.4 Å². The zero-order chi connectivity index (χ0) is 15.1. The summed E-state index contributed by atoms with van der Waals surface area (Å²) in [6.45, 7) is 11.8. The van der Waals surface area contributed by atoms with Crippen molar-refractivity contribution in [1.29, 1.82) is 0 Å². The van der Waals surface area contributed by atoms with Crippen molar-refractivity contribution in [2.24, 2.45) is 0 Å². The van der Waals surface area contributed by atoms with Gasteiger partial charge in [0.2, 0.25) is 0 Å². The van der Waals surface area contributed by atoms with E-state index in [0.717, 1.165) is 18.8 Å². The minimum absolute atomic E-state index is 0.261. The number of rotatable bonds is 8. The lowest BCUT2D eigenvalue weighted by molar-refractivity contribution is -0.887. The predicted molar refractivity (Wildman–Crippen MR) is 89.3 cm³/mol. The molecule has 118 valence electrons. The Kier molecular flexibility index (Phi) is 6.10. The quantitative estimate of drug-likeness (QED) is 0.726. The van der Waals surface area contributed by atoms with Gasteiger partial charge in [-0.15, -0.1) is 0 Å². The van der Waals surface area contributed by atoms with Gasteiger partial charge in [-0.2, -0.15) is 0 Å². The molecule has 2 heteroatoms. The van der Waals surface area contributed by atoms with Crippen molar-refractivity contribution in [3.05, 3.63) is 29.8 Å². The molecule has 0 spiro atoms. The molecular formula is C19H32NO+. The molecule has 1 N–H and O–H groups in total. The van der Waals surface area contributed by atoms with Crippen LogP contribution in [0.25, 0.3) is 0 Å². The molecule has 1 fully saturated rings. The molecule has 0 unspecified atom stereocenters. The Morgan fingerprint density at radius 3 is 2.33 bits per heavy atom. The fourth-order valence-electron chi connectivity index (χ4n) is 3.00. The molecule has 21 heavy (non-hydrogen) atoms. The molecular weight excluding hydrogens is 258 g/mol. The maximum Gasteiger partial charge on any atom is 0.119 e. The Morgan fingerprint density at radius 1 is 1.05 bits per heavy atom.